The molecule has 8 heteroatoms. The SMILES string of the molecule is C1=CSC(=C2SC=C(C(C3=CSC(=C4SC=CS4)S3)=C3c4ccccc4-c4ccccc43)S2)S1. The molecular formula is C26H14S8. The van der Waals surface area contributed by atoms with Crippen LogP contribution in [0.25, 0.3) is 16.7 Å². The van der Waals surface area contributed by atoms with E-state index in [4.69, 9.17) is 0 Å². The first-order valence-electron chi connectivity index (χ1n) is 10.4. The van der Waals surface area contributed by atoms with Crippen molar-refractivity contribution in [2.75, 3.05) is 0 Å². The van der Waals surface area contributed by atoms with Crippen LogP contribution < -0.4 is 0 Å². The summed E-state index contributed by atoms with van der Waals surface area (Å²) in [7, 11) is 0. The molecule has 5 aliphatic rings. The van der Waals surface area contributed by atoms with Crippen LogP contribution in [0.2, 0.25) is 0 Å². The number of hydrogen-bond acceptors (Lipinski definition) is 8. The molecule has 4 aliphatic heterocycles. The summed E-state index contributed by atoms with van der Waals surface area (Å²) in [4.78, 5) is 2.72. The maximum atomic E-state index is 2.37. The summed E-state index contributed by atoms with van der Waals surface area (Å²) < 4.78 is 5.59. The van der Waals surface area contributed by atoms with E-state index < -0.39 is 0 Å². The van der Waals surface area contributed by atoms with Crippen molar-refractivity contribution in [2.45, 2.75) is 0 Å². The maximum absolute atomic E-state index is 2.37. The van der Waals surface area contributed by atoms with Crippen molar-refractivity contribution < 1.29 is 0 Å². The van der Waals surface area contributed by atoms with Gasteiger partial charge in [0.05, 0.1) is 16.9 Å². The first-order chi connectivity index (χ1) is 16.9. The molecule has 0 saturated carbocycles. The third-order valence-electron chi connectivity index (χ3n) is 5.52. The highest BCUT2D eigenvalue weighted by atomic mass is 32.2. The highest BCUT2D eigenvalue weighted by Crippen LogP contribution is 2.62. The summed E-state index contributed by atoms with van der Waals surface area (Å²) in [5.41, 5.74) is 8.12. The molecule has 2 aromatic carbocycles. The lowest BCUT2D eigenvalue weighted by Crippen LogP contribution is -1.94. The van der Waals surface area contributed by atoms with Crippen molar-refractivity contribution in [1.82, 2.24) is 0 Å². The Labute approximate surface area is 233 Å². The lowest BCUT2D eigenvalue weighted by Gasteiger charge is -2.15. The quantitative estimate of drug-likeness (QED) is 0.289. The third kappa shape index (κ3) is 3.98. The van der Waals surface area contributed by atoms with Crippen LogP contribution in [0, 0.1) is 0 Å². The van der Waals surface area contributed by atoms with E-state index in [9.17, 15) is 0 Å². The van der Waals surface area contributed by atoms with E-state index in [-0.39, 0.29) is 0 Å². The highest BCUT2D eigenvalue weighted by molar-refractivity contribution is 8.34. The molecule has 0 N–H and O–H groups in total. The zero-order valence-corrected chi connectivity index (χ0v) is 23.9. The number of benzene rings is 2. The Bertz CT molecular complexity index is 1320. The largest absolute Gasteiger partial charge is 0.0884 e. The van der Waals surface area contributed by atoms with Crippen molar-refractivity contribution in [2.24, 2.45) is 0 Å². The van der Waals surface area contributed by atoms with Gasteiger partial charge in [-0.15, -0.1) is 0 Å². The van der Waals surface area contributed by atoms with Gasteiger partial charge in [-0.05, 0) is 60.3 Å². The average molecular weight is 583 g/mol. The molecular weight excluding hydrogens is 569 g/mol. The first-order valence-corrected chi connectivity index (χ1v) is 17.3. The number of fused-ring (bicyclic) bond motifs is 3. The third-order valence-corrected chi connectivity index (χ3v) is 15.6. The van der Waals surface area contributed by atoms with Crippen LogP contribution in [0.3, 0.4) is 0 Å². The van der Waals surface area contributed by atoms with Gasteiger partial charge in [-0.1, -0.05) is 143 Å². The van der Waals surface area contributed by atoms with E-state index in [1.165, 1.54) is 60.2 Å². The van der Waals surface area contributed by atoms with Gasteiger partial charge in [0, 0.05) is 15.4 Å². The molecule has 7 rings (SSSR count). The smallest absolute Gasteiger partial charge is 0.0700 e. The Morgan fingerprint density at radius 1 is 0.441 bits per heavy atom. The minimum Gasteiger partial charge on any atom is -0.0884 e. The van der Waals surface area contributed by atoms with Gasteiger partial charge in [0.15, 0.2) is 0 Å². The minimum absolute atomic E-state index is 1.34. The monoisotopic (exact) mass is 582 g/mol. The van der Waals surface area contributed by atoms with Crippen molar-refractivity contribution in [3.63, 3.8) is 0 Å². The molecule has 0 radical (unpaired) electrons. The second kappa shape index (κ2) is 9.71. The highest BCUT2D eigenvalue weighted by Gasteiger charge is 2.33. The second-order valence-electron chi connectivity index (χ2n) is 7.41. The fourth-order valence-corrected chi connectivity index (χ4v) is 13.3. The Morgan fingerprint density at radius 2 is 0.853 bits per heavy atom. The van der Waals surface area contributed by atoms with Crippen LogP contribution in [0.1, 0.15) is 11.1 Å². The molecule has 166 valence electrons. The molecule has 0 saturated heterocycles. The van der Waals surface area contributed by atoms with Gasteiger partial charge in [-0.2, -0.15) is 0 Å². The molecule has 0 spiro atoms. The molecule has 0 aromatic heterocycles. The summed E-state index contributed by atoms with van der Waals surface area (Å²) in [5.74, 6) is 0. The molecule has 0 nitrogen and oxygen atoms in total. The zero-order chi connectivity index (χ0) is 22.5. The number of rotatable bonds is 2. The molecule has 0 atom stereocenters. The van der Waals surface area contributed by atoms with Gasteiger partial charge in [0.2, 0.25) is 0 Å². The van der Waals surface area contributed by atoms with E-state index in [2.05, 4.69) is 81.0 Å². The van der Waals surface area contributed by atoms with Gasteiger partial charge in [0.1, 0.15) is 0 Å². The average Bonchev–Trinajstić information content (AvgIpc) is 3.70. The normalized spacial score (nSPS) is 20.4. The van der Waals surface area contributed by atoms with Crippen LogP contribution in [0.5, 0.6) is 0 Å². The van der Waals surface area contributed by atoms with Crippen molar-refractivity contribution in [3.8, 4) is 11.1 Å². The predicted octanol–water partition coefficient (Wildman–Crippen LogP) is 11.3. The molecule has 4 heterocycles. The molecule has 0 fully saturated rings. The molecule has 34 heavy (non-hydrogen) atoms. The van der Waals surface area contributed by atoms with E-state index in [1.54, 1.807) is 0 Å². The van der Waals surface area contributed by atoms with Gasteiger partial charge in [-0.25, -0.2) is 0 Å². The fourth-order valence-electron chi connectivity index (χ4n) is 4.17. The molecule has 0 amide bonds. The summed E-state index contributed by atoms with van der Waals surface area (Å²) in [6.45, 7) is 0. The van der Waals surface area contributed by atoms with Gasteiger partial charge in [0.25, 0.3) is 0 Å². The Kier molecular flexibility index (Phi) is 6.45. The number of allylic oxidation sites excluding steroid dienone is 2. The zero-order valence-electron chi connectivity index (χ0n) is 17.3. The van der Waals surface area contributed by atoms with Crippen LogP contribution in [0.4, 0.5) is 0 Å². The Morgan fingerprint density at radius 3 is 1.29 bits per heavy atom. The molecule has 0 unspecified atom stereocenters. The van der Waals surface area contributed by atoms with Crippen LogP contribution >= 0.6 is 94.1 Å². The Balaban J connectivity index is 1.40. The number of hydrogen-bond donors (Lipinski definition) is 0. The van der Waals surface area contributed by atoms with Crippen molar-refractivity contribution in [1.29, 1.82) is 0 Å². The van der Waals surface area contributed by atoms with Crippen molar-refractivity contribution in [3.05, 3.63) is 124 Å². The second-order valence-corrected chi connectivity index (χ2v) is 16.0. The summed E-state index contributed by atoms with van der Waals surface area (Å²) in [6.07, 6.45) is 0. The minimum atomic E-state index is 1.34. The van der Waals surface area contributed by atoms with Crippen LogP contribution in [-0.2, 0) is 0 Å². The Hall–Kier alpha value is -0.580. The van der Waals surface area contributed by atoms with E-state index in [0.29, 0.717) is 0 Å². The lowest BCUT2D eigenvalue weighted by molar-refractivity contribution is 1.59. The summed E-state index contributed by atoms with van der Waals surface area (Å²) in [5, 5.41) is 13.5. The lowest BCUT2D eigenvalue weighted by atomic mass is 9.97. The summed E-state index contributed by atoms with van der Waals surface area (Å²) >= 11 is 15.0. The molecule has 2 aromatic rings. The van der Waals surface area contributed by atoms with Gasteiger partial charge >= 0.3 is 0 Å². The summed E-state index contributed by atoms with van der Waals surface area (Å²) in [6, 6.07) is 17.8. The van der Waals surface area contributed by atoms with E-state index >= 15 is 0 Å². The van der Waals surface area contributed by atoms with Gasteiger partial charge in [-0.3, -0.25) is 0 Å². The van der Waals surface area contributed by atoms with Crippen LogP contribution in [-0.4, -0.2) is 0 Å². The molecule has 1 aliphatic carbocycles. The first kappa shape index (κ1) is 22.6. The van der Waals surface area contributed by atoms with Crippen molar-refractivity contribution >= 4 is 99.7 Å². The number of thioether (sulfide) groups is 8. The van der Waals surface area contributed by atoms with Crippen LogP contribution in [0.15, 0.2) is 113 Å². The topological polar surface area (TPSA) is 0 Å². The maximum Gasteiger partial charge on any atom is 0.0700 e. The predicted molar refractivity (Wildman–Crippen MR) is 167 cm³/mol. The van der Waals surface area contributed by atoms with E-state index in [1.807, 2.05) is 94.1 Å². The molecule has 0 bridgehead atoms. The standard InChI is InChI=1S/C26H14S8/c1-3-7-17-15(5-1)16-6-2-4-8-18(16)21(17)22(19-13-31-25(33-19)23-27-9-10-28-23)20-14-32-26(34-20)24-29-11-12-30-24/h1-14H. The fraction of sp³-hybridized carbons (Fsp3) is 0. The van der Waals surface area contributed by atoms with Gasteiger partial charge < -0.3 is 0 Å². The van der Waals surface area contributed by atoms with E-state index in [0.717, 1.165) is 0 Å².